The molecule has 0 saturated carbocycles. The van der Waals surface area contributed by atoms with Crippen LogP contribution >= 0.6 is 0 Å². The minimum absolute atomic E-state index is 0.0879. The van der Waals surface area contributed by atoms with Crippen molar-refractivity contribution in [3.63, 3.8) is 0 Å². The molecule has 2 aromatic carbocycles. The van der Waals surface area contributed by atoms with Crippen LogP contribution in [0, 0.1) is 0 Å². The molecule has 1 heterocycles. The summed E-state index contributed by atoms with van der Waals surface area (Å²) in [4.78, 5) is 15.5. The first-order valence-electron chi connectivity index (χ1n) is 6.88. The summed E-state index contributed by atoms with van der Waals surface area (Å²) in [5, 5.41) is 2.91. The van der Waals surface area contributed by atoms with E-state index in [2.05, 4.69) is 10.3 Å². The second kappa shape index (κ2) is 5.05. The highest BCUT2D eigenvalue weighted by atomic mass is 16.2. The molecule has 0 fully saturated rings. The summed E-state index contributed by atoms with van der Waals surface area (Å²) in [6.07, 6.45) is 0. The summed E-state index contributed by atoms with van der Waals surface area (Å²) in [5.74, 6) is 0.236. The number of nitrogens with zero attached hydrogens (tertiary/aromatic N) is 1. The summed E-state index contributed by atoms with van der Waals surface area (Å²) in [5.41, 5.74) is 7.50. The lowest BCUT2D eigenvalue weighted by Gasteiger charge is -2.34. The molecule has 0 aliphatic carbocycles. The van der Waals surface area contributed by atoms with Gasteiger partial charge < -0.3 is 11.1 Å². The smallest absolute Gasteiger partial charge is 0.343 e. The van der Waals surface area contributed by atoms with E-state index in [1.807, 2.05) is 67.6 Å². The lowest BCUT2D eigenvalue weighted by molar-refractivity contribution is 0.245. The largest absolute Gasteiger partial charge is 0.385 e. The molecule has 3 rings (SSSR count). The number of benzene rings is 2. The maximum atomic E-state index is 11.7. The van der Waals surface area contributed by atoms with Gasteiger partial charge in [-0.2, -0.15) is 4.99 Å². The van der Waals surface area contributed by atoms with Gasteiger partial charge in [-0.25, -0.2) is 4.79 Å². The number of amides is 2. The molecule has 2 amide bonds. The fourth-order valence-electron chi connectivity index (χ4n) is 2.91. The third-order valence-corrected chi connectivity index (χ3v) is 3.96. The molecule has 4 nitrogen and oxygen atoms in total. The molecule has 0 saturated heterocycles. The van der Waals surface area contributed by atoms with E-state index < -0.39 is 5.54 Å². The van der Waals surface area contributed by atoms with Crippen molar-refractivity contribution >= 4 is 11.9 Å². The maximum absolute atomic E-state index is 11.7. The van der Waals surface area contributed by atoms with Crippen molar-refractivity contribution < 1.29 is 4.79 Å². The molecule has 0 spiro atoms. The van der Waals surface area contributed by atoms with E-state index in [4.69, 9.17) is 5.73 Å². The normalized spacial score (nSPS) is 21.2. The molecule has 2 aromatic rings. The SMILES string of the molecule is CC1(C(c2ccccc2)c2ccccc2)NC(=O)N=C1N. The van der Waals surface area contributed by atoms with Gasteiger partial charge in [0, 0.05) is 5.92 Å². The van der Waals surface area contributed by atoms with E-state index in [-0.39, 0.29) is 11.9 Å². The quantitative estimate of drug-likeness (QED) is 0.907. The molecule has 106 valence electrons. The maximum Gasteiger partial charge on any atom is 0.343 e. The van der Waals surface area contributed by atoms with Crippen LogP contribution in [0.4, 0.5) is 4.79 Å². The van der Waals surface area contributed by atoms with Crippen LogP contribution in [0.2, 0.25) is 0 Å². The first kappa shape index (κ1) is 13.4. The molecule has 1 aliphatic heterocycles. The van der Waals surface area contributed by atoms with Gasteiger partial charge in [-0.05, 0) is 18.1 Å². The number of hydrogen-bond acceptors (Lipinski definition) is 2. The molecule has 1 aliphatic rings. The first-order chi connectivity index (χ1) is 10.1. The van der Waals surface area contributed by atoms with Gasteiger partial charge in [-0.15, -0.1) is 0 Å². The highest BCUT2D eigenvalue weighted by Gasteiger charge is 2.45. The molecule has 4 heteroatoms. The van der Waals surface area contributed by atoms with Crippen molar-refractivity contribution in [2.45, 2.75) is 18.4 Å². The van der Waals surface area contributed by atoms with Crippen LogP contribution in [0.5, 0.6) is 0 Å². The molecule has 0 aromatic heterocycles. The molecule has 0 radical (unpaired) electrons. The van der Waals surface area contributed by atoms with Gasteiger partial charge in [-0.3, -0.25) is 0 Å². The fourth-order valence-corrected chi connectivity index (χ4v) is 2.91. The summed E-state index contributed by atoms with van der Waals surface area (Å²) < 4.78 is 0. The Morgan fingerprint density at radius 1 is 1.00 bits per heavy atom. The van der Waals surface area contributed by atoms with Gasteiger partial charge in [0.05, 0.1) is 0 Å². The van der Waals surface area contributed by atoms with Crippen LogP contribution in [0.15, 0.2) is 65.7 Å². The topological polar surface area (TPSA) is 67.5 Å². The summed E-state index contributed by atoms with van der Waals surface area (Å²) in [6, 6.07) is 19.7. The molecule has 21 heavy (non-hydrogen) atoms. The van der Waals surface area contributed by atoms with Crippen molar-refractivity contribution in [2.75, 3.05) is 0 Å². The van der Waals surface area contributed by atoms with Crippen molar-refractivity contribution in [1.29, 1.82) is 0 Å². The second-order valence-corrected chi connectivity index (χ2v) is 5.38. The predicted molar refractivity (Wildman–Crippen MR) is 83.3 cm³/mol. The molecule has 0 bridgehead atoms. The van der Waals surface area contributed by atoms with Crippen molar-refractivity contribution in [3.8, 4) is 0 Å². The van der Waals surface area contributed by atoms with Crippen LogP contribution in [0.25, 0.3) is 0 Å². The Balaban J connectivity index is 2.14. The van der Waals surface area contributed by atoms with Gasteiger partial charge >= 0.3 is 6.03 Å². The standard InChI is InChI=1S/C17H17N3O/c1-17(15(18)19-16(21)20-17)14(12-8-4-2-5-9-12)13-10-6-3-7-11-13/h2-11,14H,1H3,(H3,18,19,20,21). The van der Waals surface area contributed by atoms with Crippen LogP contribution in [0.1, 0.15) is 24.0 Å². The minimum Gasteiger partial charge on any atom is -0.385 e. The number of nitrogens with two attached hydrogens (primary N) is 1. The highest BCUT2D eigenvalue weighted by molar-refractivity contribution is 6.06. The number of aliphatic imine (C=N–C) groups is 1. The Labute approximate surface area is 123 Å². The fraction of sp³-hybridized carbons (Fsp3) is 0.176. The van der Waals surface area contributed by atoms with Crippen LogP contribution in [-0.2, 0) is 0 Å². The summed E-state index contributed by atoms with van der Waals surface area (Å²) in [7, 11) is 0. The Bertz CT molecular complexity index is 642. The van der Waals surface area contributed by atoms with Crippen molar-refractivity contribution in [1.82, 2.24) is 5.32 Å². The van der Waals surface area contributed by atoms with Crippen LogP contribution in [-0.4, -0.2) is 17.4 Å². The van der Waals surface area contributed by atoms with Crippen LogP contribution < -0.4 is 11.1 Å². The first-order valence-corrected chi connectivity index (χ1v) is 6.88. The zero-order valence-electron chi connectivity index (χ0n) is 11.8. The molecular formula is C17H17N3O. The number of rotatable bonds is 3. The van der Waals surface area contributed by atoms with E-state index in [9.17, 15) is 4.79 Å². The number of urea groups is 1. The minimum atomic E-state index is -0.722. The zero-order valence-corrected chi connectivity index (χ0v) is 11.8. The Hall–Kier alpha value is -2.62. The molecular weight excluding hydrogens is 262 g/mol. The zero-order chi connectivity index (χ0) is 14.9. The lowest BCUT2D eigenvalue weighted by atomic mass is 9.75. The monoisotopic (exact) mass is 279 g/mol. The van der Waals surface area contributed by atoms with E-state index in [1.165, 1.54) is 0 Å². The van der Waals surface area contributed by atoms with Gasteiger partial charge in [0.25, 0.3) is 0 Å². The average molecular weight is 279 g/mol. The molecule has 1 unspecified atom stereocenters. The number of amidine groups is 1. The van der Waals surface area contributed by atoms with Crippen LogP contribution in [0.3, 0.4) is 0 Å². The second-order valence-electron chi connectivity index (χ2n) is 5.38. The third-order valence-electron chi connectivity index (χ3n) is 3.96. The van der Waals surface area contributed by atoms with Gasteiger partial charge in [0.1, 0.15) is 11.4 Å². The molecule has 1 atom stereocenters. The summed E-state index contributed by atoms with van der Waals surface area (Å²) in [6.45, 7) is 1.92. The Morgan fingerprint density at radius 3 is 1.86 bits per heavy atom. The van der Waals surface area contributed by atoms with E-state index in [0.717, 1.165) is 11.1 Å². The predicted octanol–water partition coefficient (Wildman–Crippen LogP) is 2.66. The number of hydrogen-bond donors (Lipinski definition) is 2. The highest BCUT2D eigenvalue weighted by Crippen LogP contribution is 2.36. The van der Waals surface area contributed by atoms with E-state index >= 15 is 0 Å². The van der Waals surface area contributed by atoms with Gasteiger partial charge in [0.2, 0.25) is 0 Å². The van der Waals surface area contributed by atoms with E-state index in [1.54, 1.807) is 0 Å². The number of carbonyl (C=O) groups excluding carboxylic acids is 1. The number of nitrogens with one attached hydrogen (secondary N) is 1. The Morgan fingerprint density at radius 2 is 1.48 bits per heavy atom. The van der Waals surface area contributed by atoms with Crippen molar-refractivity contribution in [3.05, 3.63) is 71.8 Å². The number of carbonyl (C=O) groups is 1. The lowest BCUT2D eigenvalue weighted by Crippen LogP contribution is -2.53. The Kier molecular flexibility index (Phi) is 3.22. The molecule has 3 N–H and O–H groups in total. The van der Waals surface area contributed by atoms with Gasteiger partial charge in [-0.1, -0.05) is 60.7 Å². The summed E-state index contributed by atoms with van der Waals surface area (Å²) >= 11 is 0. The average Bonchev–Trinajstić information content (AvgIpc) is 2.75. The van der Waals surface area contributed by atoms with E-state index in [0.29, 0.717) is 5.84 Å². The van der Waals surface area contributed by atoms with Gasteiger partial charge in [0.15, 0.2) is 0 Å². The van der Waals surface area contributed by atoms with Crippen molar-refractivity contribution in [2.24, 2.45) is 10.7 Å². The third kappa shape index (κ3) is 2.29.